The van der Waals surface area contributed by atoms with E-state index in [2.05, 4.69) is 26.0 Å². The van der Waals surface area contributed by atoms with Crippen molar-refractivity contribution in [3.05, 3.63) is 65.6 Å². The van der Waals surface area contributed by atoms with Crippen LogP contribution >= 0.6 is 23.1 Å². The van der Waals surface area contributed by atoms with Crippen molar-refractivity contribution in [1.29, 1.82) is 0 Å². The highest BCUT2D eigenvalue weighted by Gasteiger charge is 2.17. The van der Waals surface area contributed by atoms with Gasteiger partial charge in [-0.15, -0.1) is 0 Å². The molecule has 0 saturated carbocycles. The predicted molar refractivity (Wildman–Crippen MR) is 113 cm³/mol. The van der Waals surface area contributed by atoms with Gasteiger partial charge in [0.05, 0.1) is 11.4 Å². The van der Waals surface area contributed by atoms with E-state index in [9.17, 15) is 4.79 Å². The van der Waals surface area contributed by atoms with E-state index in [0.29, 0.717) is 4.88 Å². The Morgan fingerprint density at radius 1 is 1.14 bits per heavy atom. The molecule has 1 amide bonds. The fourth-order valence-electron chi connectivity index (χ4n) is 3.13. The number of carbonyl (C=O) groups is 1. The molecule has 5 rings (SSSR count). The van der Waals surface area contributed by atoms with E-state index in [0.717, 1.165) is 45.2 Å². The summed E-state index contributed by atoms with van der Waals surface area (Å²) in [5.41, 5.74) is 3.50. The number of nitrogens with one attached hydrogen (secondary N) is 1. The largest absolute Gasteiger partial charge is 0.325 e. The highest BCUT2D eigenvalue weighted by molar-refractivity contribution is 7.99. The maximum absolute atomic E-state index is 12.7. The molecule has 8 heteroatoms. The van der Waals surface area contributed by atoms with Crippen molar-refractivity contribution in [3.63, 3.8) is 0 Å². The molecule has 1 aromatic carbocycles. The molecule has 0 unspecified atom stereocenters. The molecule has 0 bridgehead atoms. The van der Waals surface area contributed by atoms with Gasteiger partial charge >= 0.3 is 0 Å². The van der Waals surface area contributed by atoms with E-state index in [1.54, 1.807) is 11.8 Å². The number of rotatable bonds is 4. The van der Waals surface area contributed by atoms with E-state index in [1.807, 2.05) is 60.3 Å². The molecule has 1 aliphatic rings. The third kappa shape index (κ3) is 3.14. The minimum atomic E-state index is -0.140. The second kappa shape index (κ2) is 6.96. The van der Waals surface area contributed by atoms with Gasteiger partial charge in [0.1, 0.15) is 4.88 Å². The highest BCUT2D eigenvalue weighted by atomic mass is 32.2. The Morgan fingerprint density at radius 2 is 1.93 bits per heavy atom. The zero-order chi connectivity index (χ0) is 19.1. The number of benzene rings is 1. The van der Waals surface area contributed by atoms with Crippen LogP contribution in [-0.4, -0.2) is 30.8 Å². The number of hydrogen-bond acceptors (Lipinski definition) is 5. The number of thiazole rings is 1. The van der Waals surface area contributed by atoms with Crippen LogP contribution in [0.5, 0.6) is 0 Å². The molecule has 0 fully saturated rings. The summed E-state index contributed by atoms with van der Waals surface area (Å²) in [6.07, 6.45) is 5.93. The molecule has 1 N–H and O–H groups in total. The van der Waals surface area contributed by atoms with E-state index in [-0.39, 0.29) is 5.91 Å². The first-order chi connectivity index (χ1) is 13.7. The Labute approximate surface area is 170 Å². The van der Waals surface area contributed by atoms with Gasteiger partial charge < -0.3 is 14.5 Å². The molecule has 140 valence electrons. The van der Waals surface area contributed by atoms with Crippen LogP contribution in [0.4, 0.5) is 5.69 Å². The summed E-state index contributed by atoms with van der Waals surface area (Å²) in [6, 6.07) is 11.7. The molecule has 0 spiro atoms. The topological polar surface area (TPSA) is 64.7 Å². The predicted octanol–water partition coefficient (Wildman–Crippen LogP) is 4.46. The van der Waals surface area contributed by atoms with E-state index >= 15 is 0 Å². The highest BCUT2D eigenvalue weighted by Crippen LogP contribution is 2.29. The number of imidazole rings is 1. The van der Waals surface area contributed by atoms with Gasteiger partial charge in [-0.25, -0.2) is 9.97 Å². The number of fused-ring (bicyclic) bond motifs is 1. The number of hydrogen-bond donors (Lipinski definition) is 1. The molecule has 6 nitrogen and oxygen atoms in total. The summed E-state index contributed by atoms with van der Waals surface area (Å²) in [7, 11) is 0. The first-order valence-electron chi connectivity index (χ1n) is 8.90. The lowest BCUT2D eigenvalue weighted by molar-refractivity contribution is 0.103. The molecule has 0 atom stereocenters. The van der Waals surface area contributed by atoms with Crippen LogP contribution in [0.1, 0.15) is 15.4 Å². The van der Waals surface area contributed by atoms with Crippen LogP contribution in [0.15, 0.2) is 60.1 Å². The first-order valence-corrected chi connectivity index (χ1v) is 10.7. The van der Waals surface area contributed by atoms with Crippen molar-refractivity contribution in [2.75, 3.05) is 11.1 Å². The Hall–Kier alpha value is -2.84. The van der Waals surface area contributed by atoms with Gasteiger partial charge in [0.2, 0.25) is 0 Å². The Balaban J connectivity index is 1.33. The van der Waals surface area contributed by atoms with Crippen molar-refractivity contribution in [2.45, 2.75) is 18.6 Å². The molecule has 0 aliphatic carbocycles. The molecule has 3 aromatic heterocycles. The number of anilines is 1. The number of carbonyl (C=O) groups excluding carboxylic acids is 1. The molecular weight excluding hydrogens is 390 g/mol. The summed E-state index contributed by atoms with van der Waals surface area (Å²) in [4.78, 5) is 22.5. The normalized spacial score (nSPS) is 12.9. The van der Waals surface area contributed by atoms with Crippen LogP contribution in [0.25, 0.3) is 16.4 Å². The smallest absolute Gasteiger partial charge is 0.267 e. The molecule has 0 radical (unpaired) electrons. The zero-order valence-corrected chi connectivity index (χ0v) is 16.8. The van der Waals surface area contributed by atoms with Crippen LogP contribution < -0.4 is 5.32 Å². The van der Waals surface area contributed by atoms with Gasteiger partial charge in [0.25, 0.3) is 5.91 Å². The number of thioether (sulfide) groups is 1. The monoisotopic (exact) mass is 407 g/mol. The number of aryl methyl sites for hydroxylation is 2. The Morgan fingerprint density at radius 3 is 2.68 bits per heavy atom. The van der Waals surface area contributed by atoms with Crippen LogP contribution in [-0.2, 0) is 6.54 Å². The summed E-state index contributed by atoms with van der Waals surface area (Å²) < 4.78 is 4.09. The lowest BCUT2D eigenvalue weighted by Crippen LogP contribution is -2.11. The van der Waals surface area contributed by atoms with Gasteiger partial charge in [-0.2, -0.15) is 0 Å². The van der Waals surface area contributed by atoms with Crippen LogP contribution in [0, 0.1) is 6.92 Å². The lowest BCUT2D eigenvalue weighted by Gasteiger charge is -2.05. The fourth-order valence-corrected chi connectivity index (χ4v) is 5.00. The van der Waals surface area contributed by atoms with E-state index in [4.69, 9.17) is 0 Å². The standard InChI is InChI=1S/C20H17N5OS2/c1-13-17(28-20(21-13)24-8-2-3-9-24)18(26)22-15-6-4-14(5-7-15)16-12-25-10-11-27-19(25)23-16/h2-9,12H,10-11H2,1H3,(H,22,26). The maximum Gasteiger partial charge on any atom is 0.267 e. The molecule has 0 saturated heterocycles. The Kier molecular flexibility index (Phi) is 4.29. The molecular formula is C20H17N5OS2. The second-order valence-electron chi connectivity index (χ2n) is 6.48. The molecule has 4 aromatic rings. The van der Waals surface area contributed by atoms with Gasteiger partial charge in [0, 0.05) is 42.1 Å². The van der Waals surface area contributed by atoms with Crippen molar-refractivity contribution in [3.8, 4) is 16.4 Å². The van der Waals surface area contributed by atoms with E-state index < -0.39 is 0 Å². The van der Waals surface area contributed by atoms with Crippen molar-refractivity contribution < 1.29 is 4.79 Å². The second-order valence-corrected chi connectivity index (χ2v) is 8.52. The van der Waals surface area contributed by atoms with Gasteiger partial charge in [-0.1, -0.05) is 35.2 Å². The van der Waals surface area contributed by atoms with Gasteiger partial charge in [-0.05, 0) is 31.2 Å². The fraction of sp³-hybridized carbons (Fsp3) is 0.150. The van der Waals surface area contributed by atoms with Crippen LogP contribution in [0.3, 0.4) is 0 Å². The lowest BCUT2D eigenvalue weighted by atomic mass is 10.1. The first kappa shape index (κ1) is 17.3. The maximum atomic E-state index is 12.7. The molecule has 1 aliphatic heterocycles. The minimum Gasteiger partial charge on any atom is -0.325 e. The minimum absolute atomic E-state index is 0.140. The average molecular weight is 408 g/mol. The van der Waals surface area contributed by atoms with Crippen LogP contribution in [0.2, 0.25) is 0 Å². The quantitative estimate of drug-likeness (QED) is 0.542. The van der Waals surface area contributed by atoms with Crippen molar-refractivity contribution in [1.82, 2.24) is 19.1 Å². The molecule has 4 heterocycles. The zero-order valence-electron chi connectivity index (χ0n) is 15.1. The number of amides is 1. The van der Waals surface area contributed by atoms with Gasteiger partial charge in [-0.3, -0.25) is 4.79 Å². The molecule has 28 heavy (non-hydrogen) atoms. The summed E-state index contributed by atoms with van der Waals surface area (Å²) in [5.74, 6) is 0.954. The van der Waals surface area contributed by atoms with Crippen molar-refractivity contribution >= 4 is 34.7 Å². The average Bonchev–Trinajstić information content (AvgIpc) is 3.45. The third-order valence-corrected chi connectivity index (χ3v) is 6.70. The SMILES string of the molecule is Cc1nc(-n2cccc2)sc1C(=O)Nc1ccc(-c2cn3c(n2)SCC3)cc1. The number of nitrogens with zero attached hydrogens (tertiary/aromatic N) is 4. The van der Waals surface area contributed by atoms with Gasteiger partial charge in [0.15, 0.2) is 10.3 Å². The third-order valence-electron chi connectivity index (χ3n) is 4.56. The summed E-state index contributed by atoms with van der Waals surface area (Å²) in [5, 5.41) is 4.83. The number of aromatic nitrogens is 4. The van der Waals surface area contributed by atoms with Crippen molar-refractivity contribution in [2.24, 2.45) is 0 Å². The summed E-state index contributed by atoms with van der Waals surface area (Å²) in [6.45, 7) is 2.87. The summed E-state index contributed by atoms with van der Waals surface area (Å²) >= 11 is 3.17. The Bertz CT molecular complexity index is 1120. The van der Waals surface area contributed by atoms with E-state index in [1.165, 1.54) is 11.3 Å².